The van der Waals surface area contributed by atoms with Crippen LogP contribution in [0.25, 0.3) is 0 Å². The Balaban J connectivity index is 2.47. The summed E-state index contributed by atoms with van der Waals surface area (Å²) in [6.07, 6.45) is 1.08. The summed E-state index contributed by atoms with van der Waals surface area (Å²) in [5.74, 6) is 2.13. The van der Waals surface area contributed by atoms with Crippen LogP contribution >= 0.6 is 31.9 Å². The molecule has 1 aromatic carbocycles. The summed E-state index contributed by atoms with van der Waals surface area (Å²) in [6, 6.07) is 3.99. The number of hydrogen-bond acceptors (Lipinski definition) is 3. The van der Waals surface area contributed by atoms with E-state index in [1.165, 1.54) is 0 Å². The lowest BCUT2D eigenvalue weighted by molar-refractivity contribution is 0.0914. The largest absolute Gasteiger partial charge is 0.493 e. The van der Waals surface area contributed by atoms with Gasteiger partial charge in [-0.05, 0) is 46.0 Å². The fourth-order valence-electron chi connectivity index (χ4n) is 1.61. The molecule has 1 rings (SSSR count). The Labute approximate surface area is 138 Å². The monoisotopic (exact) mass is 408 g/mol. The summed E-state index contributed by atoms with van der Waals surface area (Å²) >= 11 is 6.95. The van der Waals surface area contributed by atoms with E-state index < -0.39 is 0 Å². The van der Waals surface area contributed by atoms with E-state index >= 15 is 0 Å². The van der Waals surface area contributed by atoms with Crippen LogP contribution in [0.3, 0.4) is 0 Å². The number of rotatable bonds is 9. The van der Waals surface area contributed by atoms with Crippen molar-refractivity contribution in [3.8, 4) is 11.5 Å². The third-order valence-electron chi connectivity index (χ3n) is 2.76. The first-order valence-corrected chi connectivity index (χ1v) is 8.62. The van der Waals surface area contributed by atoms with Gasteiger partial charge in [-0.3, -0.25) is 0 Å². The van der Waals surface area contributed by atoms with Crippen LogP contribution in [0, 0.1) is 5.92 Å². The van der Waals surface area contributed by atoms with Gasteiger partial charge in [0, 0.05) is 11.9 Å². The molecule has 114 valence electrons. The molecular formula is C15H22Br2O3. The Hall–Kier alpha value is -0.260. The molecule has 0 spiro atoms. The van der Waals surface area contributed by atoms with E-state index in [-0.39, 0.29) is 0 Å². The van der Waals surface area contributed by atoms with Crippen LogP contribution in [-0.2, 0) is 10.1 Å². The molecule has 0 aliphatic carbocycles. The van der Waals surface area contributed by atoms with Crippen molar-refractivity contribution in [3.63, 3.8) is 0 Å². The van der Waals surface area contributed by atoms with Crippen molar-refractivity contribution in [2.24, 2.45) is 5.92 Å². The Morgan fingerprint density at radius 3 is 2.50 bits per heavy atom. The van der Waals surface area contributed by atoms with Gasteiger partial charge in [0.2, 0.25) is 0 Å². The predicted octanol–water partition coefficient (Wildman–Crippen LogP) is 4.79. The average Bonchev–Trinajstić information content (AvgIpc) is 2.42. The first-order valence-electron chi connectivity index (χ1n) is 6.71. The molecule has 0 radical (unpaired) electrons. The second kappa shape index (κ2) is 9.64. The molecule has 5 heteroatoms. The highest BCUT2D eigenvalue weighted by Gasteiger charge is 2.11. The van der Waals surface area contributed by atoms with Crippen LogP contribution in [-0.4, -0.2) is 26.9 Å². The highest BCUT2D eigenvalue weighted by molar-refractivity contribution is 9.10. The van der Waals surface area contributed by atoms with Crippen molar-refractivity contribution >= 4 is 31.9 Å². The number of halogens is 2. The van der Waals surface area contributed by atoms with Crippen molar-refractivity contribution in [2.75, 3.05) is 26.9 Å². The molecule has 0 saturated heterocycles. The zero-order chi connectivity index (χ0) is 15.0. The van der Waals surface area contributed by atoms with Crippen molar-refractivity contribution < 1.29 is 14.2 Å². The molecule has 0 fully saturated rings. The minimum atomic E-state index is 0.515. The van der Waals surface area contributed by atoms with E-state index in [4.69, 9.17) is 14.2 Å². The molecular weight excluding hydrogens is 388 g/mol. The smallest absolute Gasteiger partial charge is 0.175 e. The Bertz CT molecular complexity index is 408. The van der Waals surface area contributed by atoms with Crippen molar-refractivity contribution in [1.82, 2.24) is 0 Å². The topological polar surface area (TPSA) is 27.7 Å². The maximum absolute atomic E-state index is 5.75. The van der Waals surface area contributed by atoms with E-state index in [1.807, 2.05) is 12.1 Å². The lowest BCUT2D eigenvalue weighted by atomic mass is 10.1. The fraction of sp³-hybridized carbons (Fsp3) is 0.600. The molecule has 0 N–H and O–H groups in total. The van der Waals surface area contributed by atoms with E-state index in [9.17, 15) is 0 Å². The molecule has 1 aromatic rings. The number of hydrogen-bond donors (Lipinski definition) is 0. The minimum absolute atomic E-state index is 0.515. The predicted molar refractivity (Wildman–Crippen MR) is 89.1 cm³/mol. The SMILES string of the molecule is COc1cc(CBr)cc(Br)c1OCCOCCC(C)C. The van der Waals surface area contributed by atoms with Crippen LogP contribution in [0.1, 0.15) is 25.8 Å². The highest BCUT2D eigenvalue weighted by Crippen LogP contribution is 2.37. The van der Waals surface area contributed by atoms with Crippen molar-refractivity contribution in [3.05, 3.63) is 22.2 Å². The summed E-state index contributed by atoms with van der Waals surface area (Å²) in [5.41, 5.74) is 1.13. The first kappa shape index (κ1) is 17.8. The quantitative estimate of drug-likeness (QED) is 0.433. The van der Waals surface area contributed by atoms with E-state index in [0.29, 0.717) is 19.1 Å². The van der Waals surface area contributed by atoms with Crippen LogP contribution in [0.15, 0.2) is 16.6 Å². The van der Waals surface area contributed by atoms with Gasteiger partial charge in [-0.15, -0.1) is 0 Å². The fourth-order valence-corrected chi connectivity index (χ4v) is 2.54. The normalized spacial score (nSPS) is 10.9. The standard InChI is InChI=1S/C15H22Br2O3/c1-11(2)4-5-19-6-7-20-15-13(17)8-12(10-16)9-14(15)18-3/h8-9,11H,4-7,10H2,1-3H3. The van der Waals surface area contributed by atoms with Gasteiger partial charge in [-0.2, -0.15) is 0 Å². The molecule has 0 atom stereocenters. The average molecular weight is 410 g/mol. The first-order chi connectivity index (χ1) is 9.58. The third kappa shape index (κ3) is 6.02. The molecule has 0 aromatic heterocycles. The number of ether oxygens (including phenoxy) is 3. The van der Waals surface area contributed by atoms with E-state index in [1.54, 1.807) is 7.11 Å². The number of benzene rings is 1. The molecule has 20 heavy (non-hydrogen) atoms. The van der Waals surface area contributed by atoms with Crippen LogP contribution in [0.4, 0.5) is 0 Å². The van der Waals surface area contributed by atoms with Crippen molar-refractivity contribution in [2.45, 2.75) is 25.6 Å². The van der Waals surface area contributed by atoms with E-state index in [2.05, 4.69) is 45.7 Å². The maximum atomic E-state index is 5.75. The summed E-state index contributed by atoms with van der Waals surface area (Å²) in [5, 5.41) is 0.778. The third-order valence-corrected chi connectivity index (χ3v) is 3.99. The van der Waals surface area contributed by atoms with Crippen LogP contribution in [0.2, 0.25) is 0 Å². The van der Waals surface area contributed by atoms with Crippen LogP contribution in [0.5, 0.6) is 11.5 Å². The zero-order valence-electron chi connectivity index (χ0n) is 12.2. The van der Waals surface area contributed by atoms with Gasteiger partial charge >= 0.3 is 0 Å². The van der Waals surface area contributed by atoms with Gasteiger partial charge in [-0.25, -0.2) is 0 Å². The molecule has 0 unspecified atom stereocenters. The molecule has 3 nitrogen and oxygen atoms in total. The second-order valence-corrected chi connectivity index (χ2v) is 6.30. The van der Waals surface area contributed by atoms with Crippen LogP contribution < -0.4 is 9.47 Å². The van der Waals surface area contributed by atoms with Gasteiger partial charge in [0.25, 0.3) is 0 Å². The molecule has 0 aliphatic heterocycles. The van der Waals surface area contributed by atoms with Gasteiger partial charge in [0.15, 0.2) is 11.5 Å². The Kier molecular flexibility index (Phi) is 8.57. The van der Waals surface area contributed by atoms with Gasteiger partial charge in [-0.1, -0.05) is 29.8 Å². The minimum Gasteiger partial charge on any atom is -0.493 e. The highest BCUT2D eigenvalue weighted by atomic mass is 79.9. The van der Waals surface area contributed by atoms with E-state index in [0.717, 1.165) is 39.9 Å². The van der Waals surface area contributed by atoms with Gasteiger partial charge in [0.1, 0.15) is 6.61 Å². The molecule has 0 bridgehead atoms. The summed E-state index contributed by atoms with van der Waals surface area (Å²) < 4.78 is 17.5. The van der Waals surface area contributed by atoms with Gasteiger partial charge in [0.05, 0.1) is 18.2 Å². The summed E-state index contributed by atoms with van der Waals surface area (Å²) in [4.78, 5) is 0. The summed E-state index contributed by atoms with van der Waals surface area (Å²) in [6.45, 7) is 6.26. The maximum Gasteiger partial charge on any atom is 0.175 e. The van der Waals surface area contributed by atoms with Crippen molar-refractivity contribution in [1.29, 1.82) is 0 Å². The number of methoxy groups -OCH3 is 1. The Morgan fingerprint density at radius 1 is 1.15 bits per heavy atom. The Morgan fingerprint density at radius 2 is 1.90 bits per heavy atom. The van der Waals surface area contributed by atoms with Gasteiger partial charge < -0.3 is 14.2 Å². The molecule has 0 aliphatic rings. The number of alkyl halides is 1. The molecule has 0 heterocycles. The summed E-state index contributed by atoms with van der Waals surface area (Å²) in [7, 11) is 1.64. The lowest BCUT2D eigenvalue weighted by Crippen LogP contribution is -2.09. The molecule has 0 amide bonds. The molecule has 0 saturated carbocycles. The lowest BCUT2D eigenvalue weighted by Gasteiger charge is -2.14. The second-order valence-electron chi connectivity index (χ2n) is 4.89. The zero-order valence-corrected chi connectivity index (χ0v) is 15.4.